The van der Waals surface area contributed by atoms with Gasteiger partial charge in [0, 0.05) is 6.42 Å². The zero-order chi connectivity index (χ0) is 18.0. The van der Waals surface area contributed by atoms with Gasteiger partial charge in [0.25, 0.3) is 0 Å². The van der Waals surface area contributed by atoms with Gasteiger partial charge in [-0.3, -0.25) is 4.79 Å². The van der Waals surface area contributed by atoms with E-state index in [4.69, 9.17) is 0 Å². The molecule has 2 aliphatic rings. The summed E-state index contributed by atoms with van der Waals surface area (Å²) in [6.45, 7) is 7.49. The predicted molar refractivity (Wildman–Crippen MR) is 97.6 cm³/mol. The number of fused-ring (bicyclic) bond motifs is 1. The second kappa shape index (κ2) is 7.37. The van der Waals surface area contributed by atoms with Crippen LogP contribution in [0.5, 0.6) is 0 Å². The summed E-state index contributed by atoms with van der Waals surface area (Å²) >= 11 is 0. The number of carbonyl (C=O) groups is 1. The molecule has 3 nitrogen and oxygen atoms in total. The maximum absolute atomic E-state index is 12.5. The molecule has 0 aromatic carbocycles. The van der Waals surface area contributed by atoms with Crippen molar-refractivity contribution < 1.29 is 15.0 Å². The Kier molecular flexibility index (Phi) is 5.87. The lowest BCUT2D eigenvalue weighted by Crippen LogP contribution is -2.32. The van der Waals surface area contributed by atoms with Gasteiger partial charge in [0.05, 0.1) is 6.61 Å². The number of allylic oxidation sites excluding steroid dienone is 5. The predicted octanol–water partition coefficient (Wildman–Crippen LogP) is 4.11. The minimum Gasteiger partial charge on any atom is -0.393 e. The second-order valence-electron chi connectivity index (χ2n) is 8.26. The van der Waals surface area contributed by atoms with E-state index in [2.05, 4.69) is 13.8 Å². The Morgan fingerprint density at radius 1 is 1.33 bits per heavy atom. The molecule has 3 atom stereocenters. The first kappa shape index (κ1) is 19.1. The van der Waals surface area contributed by atoms with Crippen molar-refractivity contribution in [1.29, 1.82) is 0 Å². The maximum Gasteiger partial charge on any atom is 0.162 e. The SMILES string of the molecule is C/C1=C/CCC2(C)CC2CC/C(C)=C/C=C(/C(C)(O)CO)CC1=O. The number of ketones is 1. The van der Waals surface area contributed by atoms with E-state index < -0.39 is 5.60 Å². The second-order valence-corrected chi connectivity index (χ2v) is 8.26. The Hall–Kier alpha value is -1.19. The molecule has 0 heterocycles. The summed E-state index contributed by atoms with van der Waals surface area (Å²) in [5.74, 6) is 0.813. The third kappa shape index (κ3) is 4.67. The van der Waals surface area contributed by atoms with E-state index in [0.717, 1.165) is 30.8 Å². The summed E-state index contributed by atoms with van der Waals surface area (Å²) in [6, 6.07) is 0. The molecule has 3 unspecified atom stereocenters. The van der Waals surface area contributed by atoms with Gasteiger partial charge in [-0.2, -0.15) is 0 Å². The fourth-order valence-electron chi connectivity index (χ4n) is 3.56. The molecule has 1 saturated carbocycles. The number of Topliss-reactive ketones (excluding diaryl/α,β-unsaturated/α-hetero) is 1. The van der Waals surface area contributed by atoms with Crippen molar-refractivity contribution in [3.05, 3.63) is 34.9 Å². The molecule has 0 saturated heterocycles. The Morgan fingerprint density at radius 2 is 2.04 bits per heavy atom. The van der Waals surface area contributed by atoms with Crippen LogP contribution < -0.4 is 0 Å². The highest BCUT2D eigenvalue weighted by molar-refractivity contribution is 5.96. The molecule has 0 amide bonds. The van der Waals surface area contributed by atoms with Crippen molar-refractivity contribution in [3.63, 3.8) is 0 Å². The first-order valence-electron chi connectivity index (χ1n) is 9.08. The standard InChI is InChI=1S/C21H32O3/c1-15-7-9-17(21(4,24)14-22)12-19(23)16(2)6-5-11-20(3)13-18(20)10-8-15/h6-7,9,18,22,24H,5,8,10-14H2,1-4H3/b15-7+,16-6-,17-9+. The molecule has 0 aromatic rings. The molecular weight excluding hydrogens is 300 g/mol. The summed E-state index contributed by atoms with van der Waals surface area (Å²) in [4.78, 5) is 12.5. The lowest BCUT2D eigenvalue weighted by Gasteiger charge is -2.24. The van der Waals surface area contributed by atoms with E-state index in [1.165, 1.54) is 18.4 Å². The van der Waals surface area contributed by atoms with Gasteiger partial charge in [0.2, 0.25) is 0 Å². The highest BCUT2D eigenvalue weighted by Crippen LogP contribution is 2.58. The summed E-state index contributed by atoms with van der Waals surface area (Å²) in [7, 11) is 0. The van der Waals surface area contributed by atoms with Crippen LogP contribution in [0.1, 0.15) is 66.2 Å². The summed E-state index contributed by atoms with van der Waals surface area (Å²) < 4.78 is 0. The molecule has 0 aliphatic heterocycles. The van der Waals surface area contributed by atoms with E-state index >= 15 is 0 Å². The number of rotatable bonds is 2. The Morgan fingerprint density at radius 3 is 2.71 bits per heavy atom. The van der Waals surface area contributed by atoms with E-state index in [9.17, 15) is 15.0 Å². The minimum absolute atomic E-state index is 0.0237. The van der Waals surface area contributed by atoms with Crippen molar-refractivity contribution in [2.24, 2.45) is 11.3 Å². The fraction of sp³-hybridized carbons (Fsp3) is 0.667. The Bertz CT molecular complexity index is 580. The van der Waals surface area contributed by atoms with E-state index in [1.54, 1.807) is 6.92 Å². The number of hydrogen-bond acceptors (Lipinski definition) is 3. The van der Waals surface area contributed by atoms with Crippen LogP contribution in [0.15, 0.2) is 34.9 Å². The minimum atomic E-state index is -1.36. The number of aliphatic hydroxyl groups excluding tert-OH is 1. The quantitative estimate of drug-likeness (QED) is 0.800. The molecule has 0 bridgehead atoms. The largest absolute Gasteiger partial charge is 0.393 e. The first-order valence-corrected chi connectivity index (χ1v) is 9.08. The molecule has 3 heteroatoms. The van der Waals surface area contributed by atoms with Crippen LogP contribution in [0.25, 0.3) is 0 Å². The summed E-state index contributed by atoms with van der Waals surface area (Å²) in [5, 5.41) is 19.9. The van der Waals surface area contributed by atoms with Crippen molar-refractivity contribution in [2.75, 3.05) is 6.61 Å². The highest BCUT2D eigenvalue weighted by atomic mass is 16.3. The summed E-state index contributed by atoms with van der Waals surface area (Å²) in [6.07, 6.45) is 11.7. The van der Waals surface area contributed by atoms with Gasteiger partial charge in [-0.15, -0.1) is 0 Å². The summed E-state index contributed by atoms with van der Waals surface area (Å²) in [5.41, 5.74) is 1.68. The third-order valence-electron chi connectivity index (χ3n) is 5.95. The molecule has 0 radical (unpaired) electrons. The monoisotopic (exact) mass is 332 g/mol. The van der Waals surface area contributed by atoms with Crippen LogP contribution in [0, 0.1) is 11.3 Å². The van der Waals surface area contributed by atoms with Crippen LogP contribution in [-0.4, -0.2) is 28.2 Å². The third-order valence-corrected chi connectivity index (χ3v) is 5.95. The topological polar surface area (TPSA) is 57.5 Å². The molecule has 134 valence electrons. The number of carbonyl (C=O) groups excluding carboxylic acids is 1. The van der Waals surface area contributed by atoms with Gasteiger partial charge in [-0.1, -0.05) is 30.7 Å². The van der Waals surface area contributed by atoms with Gasteiger partial charge in [0.1, 0.15) is 5.60 Å². The van der Waals surface area contributed by atoms with E-state index in [1.807, 2.05) is 25.2 Å². The van der Waals surface area contributed by atoms with Crippen molar-refractivity contribution in [2.45, 2.75) is 71.8 Å². The Balaban J connectivity index is 2.27. The molecule has 1 fully saturated rings. The van der Waals surface area contributed by atoms with E-state index in [-0.39, 0.29) is 18.8 Å². The zero-order valence-electron chi connectivity index (χ0n) is 15.6. The molecule has 24 heavy (non-hydrogen) atoms. The molecule has 2 rings (SSSR count). The van der Waals surface area contributed by atoms with Crippen molar-refractivity contribution in [3.8, 4) is 0 Å². The van der Waals surface area contributed by atoms with Crippen LogP contribution >= 0.6 is 0 Å². The Labute approximate surface area is 146 Å². The molecular formula is C21H32O3. The average Bonchev–Trinajstić information content (AvgIpc) is 3.18. The van der Waals surface area contributed by atoms with Gasteiger partial charge in [0.15, 0.2) is 5.78 Å². The highest BCUT2D eigenvalue weighted by Gasteiger charge is 2.48. The van der Waals surface area contributed by atoms with Crippen molar-refractivity contribution in [1.82, 2.24) is 0 Å². The van der Waals surface area contributed by atoms with E-state index in [0.29, 0.717) is 11.0 Å². The van der Waals surface area contributed by atoms with Crippen LogP contribution in [0.4, 0.5) is 0 Å². The average molecular weight is 332 g/mol. The lowest BCUT2D eigenvalue weighted by molar-refractivity contribution is -0.115. The number of aliphatic hydroxyl groups is 2. The zero-order valence-corrected chi connectivity index (χ0v) is 15.6. The van der Waals surface area contributed by atoms with Crippen LogP contribution in [-0.2, 0) is 4.79 Å². The van der Waals surface area contributed by atoms with Crippen molar-refractivity contribution >= 4 is 5.78 Å². The van der Waals surface area contributed by atoms with Crippen LogP contribution in [0.3, 0.4) is 0 Å². The fourth-order valence-corrected chi connectivity index (χ4v) is 3.56. The normalized spacial score (nSPS) is 38.3. The number of hydrogen-bond donors (Lipinski definition) is 2. The smallest absolute Gasteiger partial charge is 0.162 e. The molecule has 2 aliphatic carbocycles. The molecule has 0 aromatic heterocycles. The van der Waals surface area contributed by atoms with Gasteiger partial charge < -0.3 is 10.2 Å². The lowest BCUT2D eigenvalue weighted by atomic mass is 9.89. The first-order chi connectivity index (χ1) is 11.2. The van der Waals surface area contributed by atoms with Gasteiger partial charge in [-0.05, 0) is 75.4 Å². The van der Waals surface area contributed by atoms with Crippen LogP contribution in [0.2, 0.25) is 0 Å². The molecule has 2 N–H and O–H groups in total. The van der Waals surface area contributed by atoms with Gasteiger partial charge in [-0.25, -0.2) is 0 Å². The molecule has 0 spiro atoms. The van der Waals surface area contributed by atoms with Gasteiger partial charge >= 0.3 is 0 Å². The maximum atomic E-state index is 12.5.